The second-order valence-electron chi connectivity index (χ2n) is 5.21. The molecule has 1 aromatic heterocycles. The largest absolute Gasteiger partial charge is 0.484 e. The van der Waals surface area contributed by atoms with Gasteiger partial charge < -0.3 is 10.1 Å². The lowest BCUT2D eigenvalue weighted by Crippen LogP contribution is -2.20. The van der Waals surface area contributed by atoms with Crippen molar-refractivity contribution in [3.05, 3.63) is 66.4 Å². The van der Waals surface area contributed by atoms with Crippen LogP contribution in [0.5, 0.6) is 5.75 Å². The molecule has 0 fully saturated rings. The number of aromatic nitrogens is 1. The van der Waals surface area contributed by atoms with E-state index in [0.717, 1.165) is 6.07 Å². The summed E-state index contributed by atoms with van der Waals surface area (Å²) >= 11 is 0. The maximum Gasteiger partial charge on any atom is 0.418 e. The number of nitrogens with zero attached hydrogens (tertiary/aromatic N) is 1. The minimum absolute atomic E-state index is 0.211. The SMILES string of the molecule is O=C(COc1ccccc1)Nc1ccnc2c(C(F)(F)F)cccc12. The van der Waals surface area contributed by atoms with Crippen molar-refractivity contribution in [1.29, 1.82) is 0 Å². The summed E-state index contributed by atoms with van der Waals surface area (Å²) < 4.78 is 44.5. The van der Waals surface area contributed by atoms with Gasteiger partial charge in [0.15, 0.2) is 6.61 Å². The van der Waals surface area contributed by atoms with Crippen molar-refractivity contribution in [2.45, 2.75) is 6.18 Å². The fourth-order valence-electron chi connectivity index (χ4n) is 2.37. The second kappa shape index (κ2) is 6.80. The zero-order chi connectivity index (χ0) is 17.9. The molecule has 0 aliphatic carbocycles. The summed E-state index contributed by atoms with van der Waals surface area (Å²) in [5.41, 5.74) is -0.809. The van der Waals surface area contributed by atoms with E-state index in [0.29, 0.717) is 5.75 Å². The standard InChI is InChI=1S/C18H13F3N2O2/c19-18(20,21)14-8-4-7-13-15(9-10-22-17(13)14)23-16(24)11-25-12-5-2-1-3-6-12/h1-10H,11H2,(H,22,23,24). The van der Waals surface area contributed by atoms with Crippen molar-refractivity contribution in [3.63, 3.8) is 0 Å². The van der Waals surface area contributed by atoms with Crippen LogP contribution in [0.4, 0.5) is 18.9 Å². The first kappa shape index (κ1) is 16.8. The highest BCUT2D eigenvalue weighted by atomic mass is 19.4. The van der Waals surface area contributed by atoms with Crippen LogP contribution in [0.25, 0.3) is 10.9 Å². The van der Waals surface area contributed by atoms with Crippen LogP contribution in [0.2, 0.25) is 0 Å². The zero-order valence-corrected chi connectivity index (χ0v) is 12.9. The Morgan fingerprint density at radius 2 is 1.80 bits per heavy atom. The molecule has 128 valence electrons. The van der Waals surface area contributed by atoms with Gasteiger partial charge in [-0.3, -0.25) is 9.78 Å². The lowest BCUT2D eigenvalue weighted by molar-refractivity contribution is -0.136. The molecule has 7 heteroatoms. The summed E-state index contributed by atoms with van der Waals surface area (Å²) in [5, 5.41) is 2.78. The minimum Gasteiger partial charge on any atom is -0.484 e. The number of fused-ring (bicyclic) bond motifs is 1. The number of amides is 1. The molecular formula is C18H13F3N2O2. The molecule has 0 spiro atoms. The minimum atomic E-state index is -4.52. The van der Waals surface area contributed by atoms with Gasteiger partial charge in [0.05, 0.1) is 16.8 Å². The van der Waals surface area contributed by atoms with Gasteiger partial charge in [-0.15, -0.1) is 0 Å². The highest BCUT2D eigenvalue weighted by Gasteiger charge is 2.33. The normalized spacial score (nSPS) is 11.3. The van der Waals surface area contributed by atoms with Gasteiger partial charge in [-0.1, -0.05) is 30.3 Å². The molecular weight excluding hydrogens is 333 g/mol. The van der Waals surface area contributed by atoms with Crippen molar-refractivity contribution in [3.8, 4) is 5.75 Å². The summed E-state index contributed by atoms with van der Waals surface area (Å²) in [6.45, 7) is -0.257. The van der Waals surface area contributed by atoms with E-state index >= 15 is 0 Å². The number of carbonyl (C=O) groups is 1. The number of rotatable bonds is 4. The third kappa shape index (κ3) is 3.88. The number of benzene rings is 2. The van der Waals surface area contributed by atoms with Crippen LogP contribution >= 0.6 is 0 Å². The molecule has 1 heterocycles. The lowest BCUT2D eigenvalue weighted by atomic mass is 10.1. The molecule has 2 aromatic carbocycles. The molecule has 0 saturated heterocycles. The van der Waals surface area contributed by atoms with Gasteiger partial charge in [-0.05, 0) is 24.3 Å². The predicted molar refractivity (Wildman–Crippen MR) is 87.3 cm³/mol. The summed E-state index contributed by atoms with van der Waals surface area (Å²) in [6.07, 6.45) is -3.29. The van der Waals surface area contributed by atoms with Crippen LogP contribution in [0.3, 0.4) is 0 Å². The average molecular weight is 346 g/mol. The van der Waals surface area contributed by atoms with Crippen molar-refractivity contribution in [2.24, 2.45) is 0 Å². The Hall–Kier alpha value is -3.09. The number of para-hydroxylation sites is 2. The van der Waals surface area contributed by atoms with Crippen LogP contribution in [0.1, 0.15) is 5.56 Å². The molecule has 0 unspecified atom stereocenters. The van der Waals surface area contributed by atoms with E-state index in [1.165, 1.54) is 24.4 Å². The summed E-state index contributed by atoms with van der Waals surface area (Å²) in [7, 11) is 0. The monoisotopic (exact) mass is 346 g/mol. The van der Waals surface area contributed by atoms with Crippen molar-refractivity contribution in [1.82, 2.24) is 4.98 Å². The number of hydrogen-bond acceptors (Lipinski definition) is 3. The number of halogens is 3. The Morgan fingerprint density at radius 3 is 2.52 bits per heavy atom. The molecule has 3 aromatic rings. The fourth-order valence-corrected chi connectivity index (χ4v) is 2.37. The van der Waals surface area contributed by atoms with Crippen LogP contribution in [-0.4, -0.2) is 17.5 Å². The highest BCUT2D eigenvalue weighted by molar-refractivity contribution is 6.02. The lowest BCUT2D eigenvalue weighted by Gasteiger charge is -2.13. The number of hydrogen-bond donors (Lipinski definition) is 1. The molecule has 0 atom stereocenters. The summed E-state index contributed by atoms with van der Waals surface area (Å²) in [6, 6.07) is 13.9. The molecule has 0 radical (unpaired) electrons. The molecule has 0 saturated carbocycles. The fraction of sp³-hybridized carbons (Fsp3) is 0.111. The van der Waals surface area contributed by atoms with Crippen molar-refractivity contribution < 1.29 is 22.7 Å². The number of ether oxygens (including phenoxy) is 1. The zero-order valence-electron chi connectivity index (χ0n) is 12.9. The Bertz CT molecular complexity index is 896. The van der Waals surface area contributed by atoms with Crippen LogP contribution < -0.4 is 10.1 Å². The number of carbonyl (C=O) groups excluding carboxylic acids is 1. The van der Waals surface area contributed by atoms with E-state index in [1.807, 2.05) is 6.07 Å². The van der Waals surface area contributed by atoms with E-state index < -0.39 is 17.6 Å². The maximum absolute atomic E-state index is 13.1. The van der Waals surface area contributed by atoms with Crippen molar-refractivity contribution in [2.75, 3.05) is 11.9 Å². The first-order chi connectivity index (χ1) is 11.9. The molecule has 0 bridgehead atoms. The maximum atomic E-state index is 13.1. The van der Waals surface area contributed by atoms with Gasteiger partial charge in [0.2, 0.25) is 0 Å². The molecule has 4 nitrogen and oxygen atoms in total. The third-order valence-corrected chi connectivity index (χ3v) is 3.46. The summed E-state index contributed by atoms with van der Waals surface area (Å²) in [4.78, 5) is 15.8. The van der Waals surface area contributed by atoms with Gasteiger partial charge in [0, 0.05) is 11.6 Å². The first-order valence-electron chi connectivity index (χ1n) is 7.38. The van der Waals surface area contributed by atoms with E-state index in [4.69, 9.17) is 4.74 Å². The molecule has 3 rings (SSSR count). The van der Waals surface area contributed by atoms with E-state index in [1.54, 1.807) is 24.3 Å². The number of anilines is 1. The molecule has 25 heavy (non-hydrogen) atoms. The Balaban J connectivity index is 1.81. The predicted octanol–water partition coefficient (Wildman–Crippen LogP) is 4.27. The van der Waals surface area contributed by atoms with Gasteiger partial charge in [-0.25, -0.2) is 0 Å². The van der Waals surface area contributed by atoms with Crippen LogP contribution in [-0.2, 0) is 11.0 Å². The van der Waals surface area contributed by atoms with E-state index in [-0.39, 0.29) is 23.2 Å². The Labute approximate surface area is 141 Å². The third-order valence-electron chi connectivity index (χ3n) is 3.46. The topological polar surface area (TPSA) is 51.2 Å². The number of nitrogens with one attached hydrogen (secondary N) is 1. The molecule has 0 aliphatic rings. The molecule has 1 amide bonds. The van der Waals surface area contributed by atoms with Gasteiger partial charge in [0.25, 0.3) is 5.91 Å². The molecule has 0 aliphatic heterocycles. The van der Waals surface area contributed by atoms with Crippen molar-refractivity contribution >= 4 is 22.5 Å². The Kier molecular flexibility index (Phi) is 4.56. The van der Waals surface area contributed by atoms with Crippen LogP contribution in [0.15, 0.2) is 60.8 Å². The van der Waals surface area contributed by atoms with Gasteiger partial charge in [0.1, 0.15) is 5.75 Å². The van der Waals surface area contributed by atoms with Gasteiger partial charge in [-0.2, -0.15) is 13.2 Å². The van der Waals surface area contributed by atoms with E-state index in [9.17, 15) is 18.0 Å². The number of alkyl halides is 3. The van der Waals surface area contributed by atoms with E-state index in [2.05, 4.69) is 10.3 Å². The molecule has 1 N–H and O–H groups in total. The first-order valence-corrected chi connectivity index (χ1v) is 7.38. The smallest absolute Gasteiger partial charge is 0.418 e. The average Bonchev–Trinajstić information content (AvgIpc) is 2.60. The quantitative estimate of drug-likeness (QED) is 0.767. The Morgan fingerprint density at radius 1 is 1.04 bits per heavy atom. The summed E-state index contributed by atoms with van der Waals surface area (Å²) in [5.74, 6) is 0.0466. The second-order valence-corrected chi connectivity index (χ2v) is 5.21. The highest BCUT2D eigenvalue weighted by Crippen LogP contribution is 2.35. The number of pyridine rings is 1. The van der Waals surface area contributed by atoms with Gasteiger partial charge >= 0.3 is 6.18 Å². The van der Waals surface area contributed by atoms with Crippen LogP contribution in [0, 0.1) is 0 Å².